The van der Waals surface area contributed by atoms with Crippen LogP contribution in [-0.4, -0.2) is 36.0 Å². The number of morpholine rings is 1. The lowest BCUT2D eigenvalue weighted by molar-refractivity contribution is -0.155. The molecule has 1 fully saturated rings. The Morgan fingerprint density at radius 3 is 2.37 bits per heavy atom. The van der Waals surface area contributed by atoms with E-state index < -0.39 is 29.4 Å². The van der Waals surface area contributed by atoms with Crippen LogP contribution in [0.25, 0.3) is 0 Å². The van der Waals surface area contributed by atoms with E-state index in [4.69, 9.17) is 4.74 Å². The van der Waals surface area contributed by atoms with E-state index in [-0.39, 0.29) is 37.8 Å². The Balaban J connectivity index is 1.68. The van der Waals surface area contributed by atoms with Crippen LogP contribution in [0.1, 0.15) is 11.1 Å². The monoisotopic (exact) mass is 378 g/mol. The molecule has 0 aliphatic carbocycles. The number of nitrogens with one attached hydrogen (secondary N) is 1. The van der Waals surface area contributed by atoms with Gasteiger partial charge in [-0.1, -0.05) is 12.1 Å². The summed E-state index contributed by atoms with van der Waals surface area (Å²) in [6.45, 7) is -0.131. The van der Waals surface area contributed by atoms with Crippen molar-refractivity contribution in [3.8, 4) is 0 Å². The average Bonchev–Trinajstić information content (AvgIpc) is 2.62. The third-order valence-corrected chi connectivity index (χ3v) is 4.16. The first-order valence-electron chi connectivity index (χ1n) is 8.27. The molecule has 27 heavy (non-hydrogen) atoms. The van der Waals surface area contributed by atoms with Crippen LogP contribution in [0.3, 0.4) is 0 Å². The fraction of sp³-hybridized carbons (Fsp3) is 0.263. The van der Waals surface area contributed by atoms with E-state index in [0.29, 0.717) is 5.56 Å². The quantitative estimate of drug-likeness (QED) is 0.868. The number of benzene rings is 2. The lowest BCUT2D eigenvalue weighted by Crippen LogP contribution is -2.55. The van der Waals surface area contributed by atoms with Gasteiger partial charge in [0.05, 0.1) is 6.61 Å². The van der Waals surface area contributed by atoms with Crippen LogP contribution in [0.2, 0.25) is 0 Å². The lowest BCUT2D eigenvalue weighted by Gasteiger charge is -2.34. The van der Waals surface area contributed by atoms with Crippen molar-refractivity contribution in [3.63, 3.8) is 0 Å². The second-order valence-electron chi connectivity index (χ2n) is 6.17. The molecule has 5 nitrogen and oxygen atoms in total. The first kappa shape index (κ1) is 18.9. The summed E-state index contributed by atoms with van der Waals surface area (Å²) in [5, 5.41) is 2.56. The minimum absolute atomic E-state index is 0.00369. The van der Waals surface area contributed by atoms with Gasteiger partial charge in [0.1, 0.15) is 30.1 Å². The molecule has 2 aromatic rings. The minimum atomic E-state index is -0.894. The molecular formula is C19H17F3N2O3. The molecule has 1 N–H and O–H groups in total. The Morgan fingerprint density at radius 1 is 1.04 bits per heavy atom. The van der Waals surface area contributed by atoms with Crippen LogP contribution in [0.15, 0.2) is 42.5 Å². The Hall–Kier alpha value is -2.87. The molecule has 0 radical (unpaired) electrons. The maximum atomic E-state index is 13.2. The molecule has 1 saturated heterocycles. The van der Waals surface area contributed by atoms with Crippen LogP contribution in [0.5, 0.6) is 0 Å². The third kappa shape index (κ3) is 4.85. The van der Waals surface area contributed by atoms with Gasteiger partial charge in [0, 0.05) is 19.2 Å². The number of rotatable bonds is 5. The summed E-state index contributed by atoms with van der Waals surface area (Å²) in [6, 6.07) is 7.68. The maximum absolute atomic E-state index is 13.2. The molecule has 0 saturated carbocycles. The van der Waals surface area contributed by atoms with Gasteiger partial charge in [-0.15, -0.1) is 0 Å². The van der Waals surface area contributed by atoms with Crippen LogP contribution in [0.4, 0.5) is 13.2 Å². The highest BCUT2D eigenvalue weighted by Crippen LogP contribution is 2.15. The van der Waals surface area contributed by atoms with Crippen molar-refractivity contribution in [2.45, 2.75) is 19.1 Å². The second kappa shape index (κ2) is 8.22. The van der Waals surface area contributed by atoms with Gasteiger partial charge < -0.3 is 15.0 Å². The molecule has 0 aromatic heterocycles. The number of hydrogen-bond acceptors (Lipinski definition) is 3. The topological polar surface area (TPSA) is 58.6 Å². The number of hydrogen-bond donors (Lipinski definition) is 1. The van der Waals surface area contributed by atoms with Gasteiger partial charge in [-0.3, -0.25) is 9.59 Å². The van der Waals surface area contributed by atoms with Gasteiger partial charge in [-0.25, -0.2) is 13.2 Å². The van der Waals surface area contributed by atoms with Crippen LogP contribution in [0, 0.1) is 17.5 Å². The van der Waals surface area contributed by atoms with E-state index in [1.54, 1.807) is 0 Å². The highest BCUT2D eigenvalue weighted by molar-refractivity contribution is 5.89. The molecule has 8 heteroatoms. The van der Waals surface area contributed by atoms with E-state index in [1.165, 1.54) is 29.2 Å². The predicted molar refractivity (Wildman–Crippen MR) is 89.8 cm³/mol. The Labute approximate surface area is 153 Å². The Kier molecular flexibility index (Phi) is 5.75. The lowest BCUT2D eigenvalue weighted by atomic mass is 10.1. The molecule has 2 aromatic carbocycles. The summed E-state index contributed by atoms with van der Waals surface area (Å²) in [4.78, 5) is 26.0. The SMILES string of the molecule is O=C(NCc1cc(F)cc(F)c1)[C@@H]1COCC(=O)N1Cc1ccc(F)cc1. The molecule has 1 heterocycles. The molecule has 1 aliphatic rings. The zero-order chi connectivity index (χ0) is 19.4. The summed E-state index contributed by atoms with van der Waals surface area (Å²) in [6.07, 6.45) is 0. The number of nitrogens with zero attached hydrogens (tertiary/aromatic N) is 1. The van der Waals surface area contributed by atoms with Gasteiger partial charge in [0.25, 0.3) is 0 Å². The standard InChI is InChI=1S/C19H17F3N2O3/c20-14-3-1-12(2-4-14)9-24-17(10-27-11-18(24)25)19(26)23-8-13-5-15(21)7-16(22)6-13/h1-7,17H,8-11H2,(H,23,26)/t17-/m0/s1. The van der Waals surface area contributed by atoms with Gasteiger partial charge in [-0.05, 0) is 35.4 Å². The molecule has 3 rings (SSSR count). The third-order valence-electron chi connectivity index (χ3n) is 4.16. The van der Waals surface area contributed by atoms with E-state index >= 15 is 0 Å². The predicted octanol–water partition coefficient (Wildman–Crippen LogP) is 2.15. The van der Waals surface area contributed by atoms with Crippen LogP contribution in [-0.2, 0) is 27.4 Å². The smallest absolute Gasteiger partial charge is 0.249 e. The van der Waals surface area contributed by atoms with Crippen molar-refractivity contribution in [1.82, 2.24) is 10.2 Å². The van der Waals surface area contributed by atoms with Gasteiger partial charge in [0.15, 0.2) is 0 Å². The minimum Gasteiger partial charge on any atom is -0.369 e. The van der Waals surface area contributed by atoms with E-state index in [0.717, 1.165) is 18.2 Å². The first-order chi connectivity index (χ1) is 12.9. The van der Waals surface area contributed by atoms with Crippen molar-refractivity contribution in [2.75, 3.05) is 13.2 Å². The summed E-state index contributed by atoms with van der Waals surface area (Å²) in [5.74, 6) is -2.76. The number of ether oxygens (including phenoxy) is 1. The Morgan fingerprint density at radius 2 is 1.70 bits per heavy atom. The summed E-state index contributed by atoms with van der Waals surface area (Å²) < 4.78 is 44.7. The van der Waals surface area contributed by atoms with E-state index in [2.05, 4.69) is 5.32 Å². The van der Waals surface area contributed by atoms with Crippen LogP contribution < -0.4 is 5.32 Å². The fourth-order valence-corrected chi connectivity index (χ4v) is 2.83. The van der Waals surface area contributed by atoms with Gasteiger partial charge >= 0.3 is 0 Å². The van der Waals surface area contributed by atoms with E-state index in [1.807, 2.05) is 0 Å². The molecular weight excluding hydrogens is 361 g/mol. The molecule has 0 unspecified atom stereocenters. The van der Waals surface area contributed by atoms with Gasteiger partial charge in [0.2, 0.25) is 11.8 Å². The normalized spacial score (nSPS) is 17.1. The van der Waals surface area contributed by atoms with Crippen molar-refractivity contribution in [3.05, 3.63) is 71.0 Å². The second-order valence-corrected chi connectivity index (χ2v) is 6.17. The first-order valence-corrected chi connectivity index (χ1v) is 8.27. The van der Waals surface area contributed by atoms with Crippen molar-refractivity contribution < 1.29 is 27.5 Å². The zero-order valence-corrected chi connectivity index (χ0v) is 14.3. The molecule has 1 aliphatic heterocycles. The highest BCUT2D eigenvalue weighted by atomic mass is 19.1. The molecule has 142 valence electrons. The number of carbonyl (C=O) groups excluding carboxylic acids is 2. The summed E-state index contributed by atoms with van der Waals surface area (Å²) in [5.41, 5.74) is 0.922. The summed E-state index contributed by atoms with van der Waals surface area (Å²) >= 11 is 0. The van der Waals surface area contributed by atoms with Crippen molar-refractivity contribution >= 4 is 11.8 Å². The van der Waals surface area contributed by atoms with E-state index in [9.17, 15) is 22.8 Å². The summed E-state index contributed by atoms with van der Waals surface area (Å²) in [7, 11) is 0. The van der Waals surface area contributed by atoms with Crippen LogP contribution >= 0.6 is 0 Å². The molecule has 0 spiro atoms. The molecule has 0 bridgehead atoms. The number of carbonyl (C=O) groups is 2. The average molecular weight is 378 g/mol. The number of amides is 2. The Bertz CT molecular complexity index is 822. The van der Waals surface area contributed by atoms with Crippen molar-refractivity contribution in [2.24, 2.45) is 0 Å². The van der Waals surface area contributed by atoms with Gasteiger partial charge in [-0.2, -0.15) is 0 Å². The zero-order valence-electron chi connectivity index (χ0n) is 14.3. The van der Waals surface area contributed by atoms with Crippen molar-refractivity contribution in [1.29, 1.82) is 0 Å². The number of halogens is 3. The largest absolute Gasteiger partial charge is 0.369 e. The maximum Gasteiger partial charge on any atom is 0.249 e. The molecule has 1 atom stereocenters. The highest BCUT2D eigenvalue weighted by Gasteiger charge is 2.33. The molecule has 2 amide bonds. The fourth-order valence-electron chi connectivity index (χ4n) is 2.83.